The number of halogens is 2. The second-order valence-electron chi connectivity index (χ2n) is 5.90. The quantitative estimate of drug-likeness (QED) is 0.656. The summed E-state index contributed by atoms with van der Waals surface area (Å²) in [4.78, 5) is 25.1. The first kappa shape index (κ1) is 19.0. The van der Waals surface area contributed by atoms with Gasteiger partial charge >= 0.3 is 0 Å². The molecule has 1 N–H and O–H groups in total. The van der Waals surface area contributed by atoms with Gasteiger partial charge in [0, 0.05) is 13.1 Å². The van der Waals surface area contributed by atoms with Crippen LogP contribution in [0.5, 0.6) is 0 Å². The number of aromatic nitrogens is 2. The van der Waals surface area contributed by atoms with Crippen LogP contribution in [0.25, 0.3) is 11.8 Å². The van der Waals surface area contributed by atoms with Crippen molar-refractivity contribution in [3.8, 4) is 5.69 Å². The minimum absolute atomic E-state index is 0.230. The van der Waals surface area contributed by atoms with E-state index in [-0.39, 0.29) is 11.2 Å². The highest BCUT2D eigenvalue weighted by Gasteiger charge is 2.17. The van der Waals surface area contributed by atoms with E-state index in [1.54, 1.807) is 42.9 Å². The number of nitrogens with zero attached hydrogens (tertiary/aromatic N) is 2. The Balaban J connectivity index is 1.88. The monoisotopic (exact) mass is 401 g/mol. The van der Waals surface area contributed by atoms with Crippen LogP contribution in [0.1, 0.15) is 11.3 Å². The first-order valence-electron chi connectivity index (χ1n) is 8.17. The van der Waals surface area contributed by atoms with Gasteiger partial charge in [-0.05, 0) is 36.8 Å². The molecule has 0 aliphatic heterocycles. The topological polar surface area (TPSA) is 56.0 Å². The van der Waals surface area contributed by atoms with Crippen molar-refractivity contribution < 1.29 is 4.79 Å². The lowest BCUT2D eigenvalue weighted by Gasteiger charge is -2.07. The molecule has 0 spiro atoms. The molecule has 0 saturated carbocycles. The fraction of sp³-hybridized carbons (Fsp3) is 0.100. The smallest absolute Gasteiger partial charge is 0.295 e. The normalized spacial score (nSPS) is 11.1. The Labute approximate surface area is 166 Å². The molecule has 3 aromatic rings. The van der Waals surface area contributed by atoms with Crippen LogP contribution in [0.2, 0.25) is 10.0 Å². The molecule has 5 nitrogen and oxygen atoms in total. The van der Waals surface area contributed by atoms with Crippen LogP contribution >= 0.6 is 23.2 Å². The van der Waals surface area contributed by atoms with Gasteiger partial charge in [-0.1, -0.05) is 53.5 Å². The molecule has 0 aliphatic carbocycles. The van der Waals surface area contributed by atoms with Crippen molar-refractivity contribution in [2.45, 2.75) is 6.92 Å². The molecule has 7 heteroatoms. The first-order valence-corrected chi connectivity index (χ1v) is 8.93. The molecule has 0 unspecified atom stereocenters. The van der Waals surface area contributed by atoms with Crippen molar-refractivity contribution >= 4 is 40.9 Å². The minimum Gasteiger partial charge on any atom is -0.316 e. The van der Waals surface area contributed by atoms with Crippen molar-refractivity contribution in [3.63, 3.8) is 0 Å². The third kappa shape index (κ3) is 3.84. The summed E-state index contributed by atoms with van der Waals surface area (Å²) >= 11 is 12.1. The maximum atomic E-state index is 12.8. The van der Waals surface area contributed by atoms with Crippen molar-refractivity contribution in [3.05, 3.63) is 86.3 Å². The number of nitrogens with one attached hydrogen (secondary N) is 1. The zero-order valence-corrected chi connectivity index (χ0v) is 16.3. The van der Waals surface area contributed by atoms with Crippen LogP contribution < -0.4 is 10.9 Å². The third-order valence-electron chi connectivity index (χ3n) is 4.20. The second-order valence-corrected chi connectivity index (χ2v) is 6.69. The molecule has 0 aliphatic rings. The predicted molar refractivity (Wildman–Crippen MR) is 110 cm³/mol. The molecule has 3 rings (SSSR count). The molecule has 0 radical (unpaired) electrons. The molecule has 1 amide bonds. The lowest BCUT2D eigenvalue weighted by atomic mass is 10.2. The summed E-state index contributed by atoms with van der Waals surface area (Å²) in [6, 6.07) is 14.4. The van der Waals surface area contributed by atoms with E-state index in [4.69, 9.17) is 23.2 Å². The average molecular weight is 402 g/mol. The van der Waals surface area contributed by atoms with Gasteiger partial charge in [0.1, 0.15) is 5.69 Å². The fourth-order valence-electron chi connectivity index (χ4n) is 2.69. The Morgan fingerprint density at radius 1 is 1.07 bits per heavy atom. The van der Waals surface area contributed by atoms with E-state index in [2.05, 4.69) is 5.32 Å². The van der Waals surface area contributed by atoms with Gasteiger partial charge in [0.2, 0.25) is 5.91 Å². The van der Waals surface area contributed by atoms with E-state index in [1.165, 1.54) is 10.8 Å². The minimum atomic E-state index is -0.433. The van der Waals surface area contributed by atoms with Crippen molar-refractivity contribution in [2.24, 2.45) is 7.05 Å². The number of hydrogen-bond acceptors (Lipinski definition) is 2. The third-order valence-corrected chi connectivity index (χ3v) is 5.03. The van der Waals surface area contributed by atoms with Crippen LogP contribution in [-0.2, 0) is 11.8 Å². The number of para-hydroxylation sites is 1. The summed E-state index contributed by atoms with van der Waals surface area (Å²) in [6.45, 7) is 1.77. The van der Waals surface area contributed by atoms with E-state index >= 15 is 0 Å². The standard InChI is InChI=1S/C20H17Cl2N3O2/c1-13-19(20(27)25(24(13)2)15-8-4-3-5-9-15)23-17(26)12-11-14-7-6-10-16(21)18(14)22/h3-12H,1-2H3,(H,23,26)/b12-11+. The average Bonchev–Trinajstić information content (AvgIpc) is 2.87. The van der Waals surface area contributed by atoms with E-state index in [0.717, 1.165) is 5.69 Å². The highest BCUT2D eigenvalue weighted by atomic mass is 35.5. The number of amides is 1. The second kappa shape index (κ2) is 7.86. The highest BCUT2D eigenvalue weighted by Crippen LogP contribution is 2.26. The molecule has 2 aromatic carbocycles. The number of carbonyl (C=O) groups excluding carboxylic acids is 1. The Bertz CT molecular complexity index is 1080. The number of hydrogen-bond donors (Lipinski definition) is 1. The van der Waals surface area contributed by atoms with Gasteiger partial charge in [0.25, 0.3) is 5.56 Å². The van der Waals surface area contributed by atoms with Crippen LogP contribution in [0.3, 0.4) is 0 Å². The molecule has 1 aromatic heterocycles. The molecule has 27 heavy (non-hydrogen) atoms. The van der Waals surface area contributed by atoms with E-state index < -0.39 is 5.91 Å². The maximum Gasteiger partial charge on any atom is 0.295 e. The fourth-order valence-corrected chi connectivity index (χ4v) is 3.06. The number of benzene rings is 2. The Kier molecular flexibility index (Phi) is 5.54. The number of anilines is 1. The SMILES string of the molecule is Cc1c(NC(=O)/C=C/c2cccc(Cl)c2Cl)c(=O)n(-c2ccccc2)n1C. The van der Waals surface area contributed by atoms with Gasteiger partial charge in [-0.15, -0.1) is 0 Å². The summed E-state index contributed by atoms with van der Waals surface area (Å²) in [5.41, 5.74) is 1.91. The number of carbonyl (C=O) groups is 1. The molecule has 0 bridgehead atoms. The lowest BCUT2D eigenvalue weighted by Crippen LogP contribution is -2.22. The molecule has 1 heterocycles. The van der Waals surface area contributed by atoms with E-state index in [0.29, 0.717) is 21.3 Å². The summed E-state index contributed by atoms with van der Waals surface area (Å²) in [7, 11) is 1.76. The Morgan fingerprint density at radius 2 is 1.78 bits per heavy atom. The lowest BCUT2D eigenvalue weighted by molar-refractivity contribution is -0.111. The summed E-state index contributed by atoms with van der Waals surface area (Å²) in [6.07, 6.45) is 2.87. The van der Waals surface area contributed by atoms with Gasteiger partial charge in [-0.25, -0.2) is 4.68 Å². The molecule has 138 valence electrons. The zero-order chi connectivity index (χ0) is 19.6. The van der Waals surface area contributed by atoms with Gasteiger partial charge < -0.3 is 5.32 Å². The maximum absolute atomic E-state index is 12.8. The number of rotatable bonds is 4. The van der Waals surface area contributed by atoms with E-state index in [9.17, 15) is 9.59 Å². The molecule has 0 fully saturated rings. The van der Waals surface area contributed by atoms with E-state index in [1.807, 2.05) is 30.3 Å². The van der Waals surface area contributed by atoms with Crippen molar-refractivity contribution in [2.75, 3.05) is 5.32 Å². The Hall–Kier alpha value is -2.76. The summed E-state index contributed by atoms with van der Waals surface area (Å²) in [5, 5.41) is 3.43. The van der Waals surface area contributed by atoms with Gasteiger partial charge in [0.15, 0.2) is 0 Å². The van der Waals surface area contributed by atoms with Crippen LogP contribution in [0, 0.1) is 6.92 Å². The van der Waals surface area contributed by atoms with Gasteiger partial charge in [-0.2, -0.15) is 0 Å². The molecule has 0 saturated heterocycles. The van der Waals surface area contributed by atoms with Gasteiger partial charge in [-0.3, -0.25) is 14.3 Å². The summed E-state index contributed by atoms with van der Waals surface area (Å²) < 4.78 is 3.20. The summed E-state index contributed by atoms with van der Waals surface area (Å²) in [5.74, 6) is -0.433. The first-order chi connectivity index (χ1) is 12.9. The largest absolute Gasteiger partial charge is 0.316 e. The molecular weight excluding hydrogens is 385 g/mol. The zero-order valence-electron chi connectivity index (χ0n) is 14.7. The predicted octanol–water partition coefficient (Wildman–Crippen LogP) is 4.44. The van der Waals surface area contributed by atoms with Crippen molar-refractivity contribution in [1.82, 2.24) is 9.36 Å². The van der Waals surface area contributed by atoms with Crippen LogP contribution in [0.15, 0.2) is 59.4 Å². The molecular formula is C20H17Cl2N3O2. The highest BCUT2D eigenvalue weighted by molar-refractivity contribution is 6.42. The van der Waals surface area contributed by atoms with Gasteiger partial charge in [0.05, 0.1) is 21.4 Å². The Morgan fingerprint density at radius 3 is 2.48 bits per heavy atom. The van der Waals surface area contributed by atoms with Crippen LogP contribution in [-0.4, -0.2) is 15.3 Å². The molecule has 0 atom stereocenters. The van der Waals surface area contributed by atoms with Crippen LogP contribution in [0.4, 0.5) is 5.69 Å². The van der Waals surface area contributed by atoms with Crippen molar-refractivity contribution in [1.29, 1.82) is 0 Å².